The number of hydrogen-bond donors (Lipinski definition) is 2. The Hall–Kier alpha value is -4.39. The van der Waals surface area contributed by atoms with Gasteiger partial charge >= 0.3 is 0 Å². The van der Waals surface area contributed by atoms with Crippen molar-refractivity contribution in [2.45, 2.75) is 19.4 Å². The van der Waals surface area contributed by atoms with Crippen LogP contribution in [0, 0.1) is 0 Å². The second-order valence-electron chi connectivity index (χ2n) is 9.24. The third kappa shape index (κ3) is 3.47. The Labute approximate surface area is 208 Å². The van der Waals surface area contributed by atoms with Gasteiger partial charge < -0.3 is 29.2 Å². The van der Waals surface area contributed by atoms with Crippen molar-refractivity contribution in [2.24, 2.45) is 7.05 Å². The van der Waals surface area contributed by atoms with Gasteiger partial charge in [0.2, 0.25) is 12.7 Å². The Balaban J connectivity index is 1.40. The normalized spacial score (nSPS) is 16.6. The molecule has 0 fully saturated rings. The molecular formula is C29H26N2O5. The first kappa shape index (κ1) is 22.1. The van der Waals surface area contributed by atoms with Crippen LogP contribution in [-0.2, 0) is 18.3 Å². The second kappa shape index (κ2) is 8.37. The smallest absolute Gasteiger partial charge is 0.247 e. The molecule has 0 radical (unpaired) electrons. The van der Waals surface area contributed by atoms with E-state index in [-0.39, 0.29) is 30.2 Å². The largest absolute Gasteiger partial charge is 0.504 e. The van der Waals surface area contributed by atoms with Crippen molar-refractivity contribution in [1.29, 1.82) is 0 Å². The molecule has 7 heteroatoms. The van der Waals surface area contributed by atoms with E-state index < -0.39 is 0 Å². The topological polar surface area (TPSA) is 84.2 Å². The number of phenolic OH excluding ortho intramolecular Hbond substituents is 2. The number of phenols is 2. The average molecular weight is 483 g/mol. The summed E-state index contributed by atoms with van der Waals surface area (Å²) in [6, 6.07) is 17.0. The molecule has 1 unspecified atom stereocenters. The fourth-order valence-corrected chi connectivity index (χ4v) is 5.36. The van der Waals surface area contributed by atoms with Crippen LogP contribution in [0.3, 0.4) is 0 Å². The molecule has 2 aliphatic rings. The number of rotatable bonds is 3. The molecule has 0 aliphatic carbocycles. The third-order valence-electron chi connectivity index (χ3n) is 7.23. The summed E-state index contributed by atoms with van der Waals surface area (Å²) in [6.45, 7) is 2.66. The van der Waals surface area contributed by atoms with Crippen molar-refractivity contribution in [1.82, 2.24) is 9.47 Å². The van der Waals surface area contributed by atoms with E-state index in [1.54, 1.807) is 23.1 Å². The molecule has 4 aromatic rings. The standard InChI is InChI=1S/C29H26N2O5/c1-17-21-13-25(33)24(32)12-19(21)10-11-31(17)28(34)9-8-20-22-14-26-27(36-16-35-26)15-23(22)30(2)29(20)18-6-4-3-5-7-18/h3-9,12-15,17,32-33H,10-11,16H2,1-2H3/b9-8+. The van der Waals surface area contributed by atoms with Crippen molar-refractivity contribution in [3.8, 4) is 34.3 Å². The molecule has 3 heterocycles. The molecule has 0 saturated heterocycles. The van der Waals surface area contributed by atoms with Crippen LogP contribution >= 0.6 is 0 Å². The molecule has 2 N–H and O–H groups in total. The van der Waals surface area contributed by atoms with Crippen LogP contribution in [0.15, 0.2) is 60.7 Å². The van der Waals surface area contributed by atoms with Crippen LogP contribution in [0.1, 0.15) is 29.7 Å². The highest BCUT2D eigenvalue weighted by Gasteiger charge is 2.28. The number of carbonyl (C=O) groups is 1. The molecule has 3 aromatic carbocycles. The van der Waals surface area contributed by atoms with Crippen LogP contribution in [0.5, 0.6) is 23.0 Å². The number of fused-ring (bicyclic) bond motifs is 3. The van der Waals surface area contributed by atoms with Gasteiger partial charge in [0.25, 0.3) is 0 Å². The fourth-order valence-electron chi connectivity index (χ4n) is 5.36. The molecule has 36 heavy (non-hydrogen) atoms. The maximum atomic E-state index is 13.4. The second-order valence-corrected chi connectivity index (χ2v) is 9.24. The third-order valence-corrected chi connectivity index (χ3v) is 7.23. The summed E-state index contributed by atoms with van der Waals surface area (Å²) in [5, 5.41) is 20.8. The van der Waals surface area contributed by atoms with Gasteiger partial charge in [0.15, 0.2) is 23.0 Å². The number of nitrogens with zero attached hydrogens (tertiary/aromatic N) is 2. The first-order valence-corrected chi connectivity index (χ1v) is 11.9. The molecule has 6 rings (SSSR count). The number of benzene rings is 3. The minimum atomic E-state index is -0.229. The highest BCUT2D eigenvalue weighted by Crippen LogP contribution is 2.42. The van der Waals surface area contributed by atoms with Crippen LogP contribution in [-0.4, -0.2) is 38.9 Å². The SMILES string of the molecule is CC1c2cc(O)c(O)cc2CCN1C(=O)/C=C/c1c(-c2ccccc2)n(C)c2cc3c(cc12)OCO3. The Bertz CT molecular complexity index is 1540. The number of amides is 1. The van der Waals surface area contributed by atoms with Gasteiger partial charge in [-0.15, -0.1) is 0 Å². The molecular weight excluding hydrogens is 456 g/mol. The number of hydrogen-bond acceptors (Lipinski definition) is 5. The van der Waals surface area contributed by atoms with Crippen LogP contribution < -0.4 is 9.47 Å². The van der Waals surface area contributed by atoms with E-state index in [2.05, 4.69) is 16.7 Å². The summed E-state index contributed by atoms with van der Waals surface area (Å²) in [4.78, 5) is 15.2. The van der Waals surface area contributed by atoms with E-state index >= 15 is 0 Å². The van der Waals surface area contributed by atoms with Crippen molar-refractivity contribution < 1.29 is 24.5 Å². The molecule has 0 saturated carbocycles. The zero-order chi connectivity index (χ0) is 25.0. The van der Waals surface area contributed by atoms with Gasteiger partial charge in [0.1, 0.15) is 0 Å². The maximum Gasteiger partial charge on any atom is 0.247 e. The monoisotopic (exact) mass is 482 g/mol. The number of aryl methyl sites for hydroxylation is 1. The predicted octanol–water partition coefficient (Wildman–Crippen LogP) is 5.14. The first-order valence-electron chi connectivity index (χ1n) is 11.9. The molecule has 1 amide bonds. The summed E-state index contributed by atoms with van der Waals surface area (Å²) in [6.07, 6.45) is 4.11. The molecule has 0 bridgehead atoms. The summed E-state index contributed by atoms with van der Waals surface area (Å²) >= 11 is 0. The quantitative estimate of drug-likeness (QED) is 0.312. The molecule has 182 valence electrons. The lowest BCUT2D eigenvalue weighted by atomic mass is 9.92. The van der Waals surface area contributed by atoms with Crippen molar-refractivity contribution in [2.75, 3.05) is 13.3 Å². The molecule has 1 aromatic heterocycles. The van der Waals surface area contributed by atoms with Crippen LogP contribution in [0.4, 0.5) is 0 Å². The van der Waals surface area contributed by atoms with E-state index in [9.17, 15) is 15.0 Å². The highest BCUT2D eigenvalue weighted by atomic mass is 16.7. The van der Waals surface area contributed by atoms with Crippen molar-refractivity contribution in [3.63, 3.8) is 0 Å². The van der Waals surface area contributed by atoms with E-state index in [4.69, 9.17) is 9.47 Å². The summed E-state index contributed by atoms with van der Waals surface area (Å²) in [5.41, 5.74) is 5.75. The minimum absolute atomic E-state index is 0.113. The Morgan fingerprint density at radius 1 is 1.03 bits per heavy atom. The van der Waals surface area contributed by atoms with Gasteiger partial charge in [-0.25, -0.2) is 0 Å². The maximum absolute atomic E-state index is 13.4. The Morgan fingerprint density at radius 2 is 1.75 bits per heavy atom. The average Bonchev–Trinajstić information content (AvgIpc) is 3.45. The lowest BCUT2D eigenvalue weighted by molar-refractivity contribution is -0.128. The zero-order valence-electron chi connectivity index (χ0n) is 20.1. The molecule has 1 atom stereocenters. The first-order chi connectivity index (χ1) is 17.4. The van der Waals surface area contributed by atoms with Crippen molar-refractivity contribution >= 4 is 22.9 Å². The Morgan fingerprint density at radius 3 is 2.53 bits per heavy atom. The van der Waals surface area contributed by atoms with Gasteiger partial charge in [0.05, 0.1) is 17.3 Å². The number of aromatic hydroxyl groups is 2. The van der Waals surface area contributed by atoms with E-state index in [1.165, 1.54) is 0 Å². The van der Waals surface area contributed by atoms with Gasteiger partial charge in [0, 0.05) is 36.7 Å². The lowest BCUT2D eigenvalue weighted by Crippen LogP contribution is -2.37. The number of aromatic nitrogens is 1. The summed E-state index contributed by atoms with van der Waals surface area (Å²) in [7, 11) is 2.01. The summed E-state index contributed by atoms with van der Waals surface area (Å²) < 4.78 is 13.4. The van der Waals surface area contributed by atoms with Crippen LogP contribution in [0.2, 0.25) is 0 Å². The number of carbonyl (C=O) groups excluding carboxylic acids is 1. The summed E-state index contributed by atoms with van der Waals surface area (Å²) in [5.74, 6) is 0.984. The molecule has 7 nitrogen and oxygen atoms in total. The Kier molecular flexibility index (Phi) is 5.14. The van der Waals surface area contributed by atoms with E-state index in [1.807, 2.05) is 50.4 Å². The van der Waals surface area contributed by atoms with Gasteiger partial charge in [-0.1, -0.05) is 30.3 Å². The fraction of sp³-hybridized carbons (Fsp3) is 0.207. The molecule has 2 aliphatic heterocycles. The van der Waals surface area contributed by atoms with Gasteiger partial charge in [-0.2, -0.15) is 0 Å². The zero-order valence-corrected chi connectivity index (χ0v) is 20.1. The predicted molar refractivity (Wildman–Crippen MR) is 137 cm³/mol. The van der Waals surface area contributed by atoms with Gasteiger partial charge in [-0.3, -0.25) is 4.79 Å². The number of ether oxygens (including phenoxy) is 2. The van der Waals surface area contributed by atoms with E-state index in [0.29, 0.717) is 24.5 Å². The highest BCUT2D eigenvalue weighted by molar-refractivity contribution is 6.02. The van der Waals surface area contributed by atoms with Crippen LogP contribution in [0.25, 0.3) is 28.2 Å². The molecule has 0 spiro atoms. The van der Waals surface area contributed by atoms with E-state index in [0.717, 1.165) is 38.9 Å². The lowest BCUT2D eigenvalue weighted by Gasteiger charge is -2.34. The van der Waals surface area contributed by atoms with Gasteiger partial charge in [-0.05, 0) is 54.3 Å². The minimum Gasteiger partial charge on any atom is -0.504 e. The van der Waals surface area contributed by atoms with Crippen molar-refractivity contribution in [3.05, 3.63) is 77.4 Å².